The van der Waals surface area contributed by atoms with Gasteiger partial charge in [-0.3, -0.25) is 4.72 Å². The van der Waals surface area contributed by atoms with Crippen molar-refractivity contribution in [3.05, 3.63) is 30.2 Å². The van der Waals surface area contributed by atoms with Crippen LogP contribution in [0.1, 0.15) is 12.7 Å². The molecule has 0 fully saturated rings. The highest BCUT2D eigenvalue weighted by atomic mass is 32.2. The van der Waals surface area contributed by atoms with E-state index in [2.05, 4.69) is 9.71 Å². The molecule has 0 aliphatic heterocycles. The third-order valence-corrected chi connectivity index (χ3v) is 4.25. The first-order valence-electron chi connectivity index (χ1n) is 6.31. The number of sulfonamides is 1. The van der Waals surface area contributed by atoms with Crippen LogP contribution >= 0.6 is 0 Å². The largest absolute Gasteiger partial charge is 0.506 e. The van der Waals surface area contributed by atoms with Gasteiger partial charge in [0.15, 0.2) is 5.03 Å². The van der Waals surface area contributed by atoms with E-state index < -0.39 is 10.0 Å². The van der Waals surface area contributed by atoms with Gasteiger partial charge in [0.1, 0.15) is 23.0 Å². The number of phenolic OH excluding ortho intramolecular Hbond substituents is 1. The van der Waals surface area contributed by atoms with Gasteiger partial charge in [-0.15, -0.1) is 0 Å². The summed E-state index contributed by atoms with van der Waals surface area (Å²) in [6.45, 7) is 4.24. The van der Waals surface area contributed by atoms with Crippen LogP contribution in [0, 0.1) is 6.92 Å². The number of aromatic hydroxyl groups is 1. The molecule has 0 saturated heterocycles. The van der Waals surface area contributed by atoms with Crippen molar-refractivity contribution >= 4 is 15.7 Å². The second-order valence-corrected chi connectivity index (χ2v) is 6.00. The number of hydrogen-bond acceptors (Lipinski definition) is 5. The van der Waals surface area contributed by atoms with Gasteiger partial charge < -0.3 is 14.4 Å². The maximum Gasteiger partial charge on any atom is 0.281 e. The normalized spacial score (nSPS) is 11.4. The summed E-state index contributed by atoms with van der Waals surface area (Å²) < 4.78 is 33.8. The molecule has 8 heteroatoms. The van der Waals surface area contributed by atoms with Crippen LogP contribution in [-0.4, -0.2) is 30.2 Å². The summed E-state index contributed by atoms with van der Waals surface area (Å²) in [5, 5.41) is 9.70. The fourth-order valence-electron chi connectivity index (χ4n) is 1.91. The van der Waals surface area contributed by atoms with Crippen molar-refractivity contribution in [3.8, 4) is 11.5 Å². The molecule has 1 heterocycles. The van der Waals surface area contributed by atoms with Crippen LogP contribution < -0.4 is 9.46 Å². The third kappa shape index (κ3) is 2.94. The molecule has 0 amide bonds. The summed E-state index contributed by atoms with van der Waals surface area (Å²) in [6, 6.07) is 4.48. The lowest BCUT2D eigenvalue weighted by Crippen LogP contribution is -2.14. The first-order chi connectivity index (χ1) is 9.89. The van der Waals surface area contributed by atoms with Crippen molar-refractivity contribution in [1.82, 2.24) is 9.55 Å². The Labute approximate surface area is 123 Å². The summed E-state index contributed by atoms with van der Waals surface area (Å²) >= 11 is 0. The predicted molar refractivity (Wildman–Crippen MR) is 78.1 cm³/mol. The summed E-state index contributed by atoms with van der Waals surface area (Å²) in [5.74, 6) is 0.608. The van der Waals surface area contributed by atoms with Crippen LogP contribution in [0.3, 0.4) is 0 Å². The smallest absolute Gasteiger partial charge is 0.281 e. The van der Waals surface area contributed by atoms with Crippen molar-refractivity contribution in [2.75, 3.05) is 11.8 Å². The van der Waals surface area contributed by atoms with E-state index in [9.17, 15) is 13.5 Å². The Morgan fingerprint density at radius 1 is 1.43 bits per heavy atom. The fraction of sp³-hybridized carbons (Fsp3) is 0.308. The van der Waals surface area contributed by atoms with Gasteiger partial charge in [0.05, 0.1) is 7.11 Å². The zero-order chi connectivity index (χ0) is 15.6. The molecule has 0 aliphatic carbocycles. The Morgan fingerprint density at radius 3 is 2.71 bits per heavy atom. The lowest BCUT2D eigenvalue weighted by atomic mass is 10.3. The number of hydrogen-bond donors (Lipinski definition) is 2. The molecule has 0 atom stereocenters. The van der Waals surface area contributed by atoms with Gasteiger partial charge in [-0.2, -0.15) is 8.42 Å². The molecule has 0 bridgehead atoms. The van der Waals surface area contributed by atoms with E-state index in [1.165, 1.54) is 19.4 Å². The Morgan fingerprint density at radius 2 is 2.14 bits per heavy atom. The van der Waals surface area contributed by atoms with Gasteiger partial charge in [0.2, 0.25) is 0 Å². The molecule has 0 spiro atoms. The molecule has 21 heavy (non-hydrogen) atoms. The average molecular weight is 311 g/mol. The number of imidazole rings is 1. The minimum absolute atomic E-state index is 0.0105. The van der Waals surface area contributed by atoms with Crippen LogP contribution in [0.2, 0.25) is 0 Å². The molecule has 0 saturated carbocycles. The molecule has 0 aliphatic rings. The highest BCUT2D eigenvalue weighted by molar-refractivity contribution is 7.92. The molecular weight excluding hydrogens is 294 g/mol. The van der Waals surface area contributed by atoms with Gasteiger partial charge in [0.25, 0.3) is 10.0 Å². The van der Waals surface area contributed by atoms with Gasteiger partial charge in [0, 0.05) is 12.7 Å². The van der Waals surface area contributed by atoms with Gasteiger partial charge in [-0.25, -0.2) is 4.98 Å². The van der Waals surface area contributed by atoms with Crippen molar-refractivity contribution < 1.29 is 18.3 Å². The molecule has 0 radical (unpaired) electrons. The number of aryl methyl sites for hydroxylation is 2. The second kappa shape index (κ2) is 5.65. The van der Waals surface area contributed by atoms with Crippen molar-refractivity contribution in [2.24, 2.45) is 0 Å². The summed E-state index contributed by atoms with van der Waals surface area (Å²) in [7, 11) is -2.51. The van der Waals surface area contributed by atoms with Crippen molar-refractivity contribution in [2.45, 2.75) is 25.4 Å². The number of nitrogens with one attached hydrogen (secondary N) is 1. The minimum Gasteiger partial charge on any atom is -0.506 e. The van der Waals surface area contributed by atoms with Gasteiger partial charge >= 0.3 is 0 Å². The Kier molecular flexibility index (Phi) is 4.08. The number of para-hydroxylation sites is 1. The topological polar surface area (TPSA) is 93.5 Å². The predicted octanol–water partition coefficient (Wildman–Crippen LogP) is 1.73. The van der Waals surface area contributed by atoms with E-state index in [0.29, 0.717) is 12.4 Å². The minimum atomic E-state index is -3.90. The zero-order valence-electron chi connectivity index (χ0n) is 12.0. The van der Waals surface area contributed by atoms with Gasteiger partial charge in [-0.05, 0) is 26.0 Å². The van der Waals surface area contributed by atoms with E-state index in [0.717, 1.165) is 0 Å². The lowest BCUT2D eigenvalue weighted by Gasteiger charge is -2.11. The third-order valence-electron chi connectivity index (χ3n) is 3.03. The maximum absolute atomic E-state index is 12.3. The average Bonchev–Trinajstić information content (AvgIpc) is 2.83. The van der Waals surface area contributed by atoms with Crippen LogP contribution in [0.4, 0.5) is 5.69 Å². The van der Waals surface area contributed by atoms with Crippen molar-refractivity contribution in [3.63, 3.8) is 0 Å². The standard InChI is InChI=1S/C13H17N3O4S/c1-4-16-8-12(14-9(16)2)21(18,19)15-13-10(17)6-5-7-11(13)20-3/h5-8,15,17H,4H2,1-3H3. The maximum atomic E-state index is 12.3. The molecule has 2 aromatic rings. The second-order valence-electron chi connectivity index (χ2n) is 4.37. The van der Waals surface area contributed by atoms with Crippen LogP contribution in [0.25, 0.3) is 0 Å². The number of methoxy groups -OCH3 is 1. The van der Waals surface area contributed by atoms with E-state index in [-0.39, 0.29) is 22.2 Å². The fourth-order valence-corrected chi connectivity index (χ4v) is 3.00. The first-order valence-corrected chi connectivity index (χ1v) is 7.80. The highest BCUT2D eigenvalue weighted by Crippen LogP contribution is 2.34. The molecule has 0 unspecified atom stereocenters. The van der Waals surface area contributed by atoms with E-state index >= 15 is 0 Å². The number of aromatic nitrogens is 2. The molecular formula is C13H17N3O4S. The van der Waals surface area contributed by atoms with Crippen LogP contribution in [0.15, 0.2) is 29.4 Å². The number of anilines is 1. The Balaban J connectivity index is 2.42. The van der Waals surface area contributed by atoms with E-state index in [1.807, 2.05) is 6.92 Å². The number of rotatable bonds is 5. The van der Waals surface area contributed by atoms with E-state index in [1.54, 1.807) is 23.6 Å². The molecule has 114 valence electrons. The molecule has 1 aromatic heterocycles. The molecule has 2 N–H and O–H groups in total. The monoisotopic (exact) mass is 311 g/mol. The lowest BCUT2D eigenvalue weighted by molar-refractivity contribution is 0.411. The summed E-state index contributed by atoms with van der Waals surface area (Å²) in [4.78, 5) is 4.02. The highest BCUT2D eigenvalue weighted by Gasteiger charge is 2.22. The van der Waals surface area contributed by atoms with Crippen LogP contribution in [0.5, 0.6) is 11.5 Å². The van der Waals surface area contributed by atoms with Crippen LogP contribution in [-0.2, 0) is 16.6 Å². The molecule has 2 rings (SSSR count). The number of ether oxygens (including phenoxy) is 1. The number of nitrogens with zero attached hydrogens (tertiary/aromatic N) is 2. The number of benzene rings is 1. The zero-order valence-corrected chi connectivity index (χ0v) is 12.8. The Hall–Kier alpha value is -2.22. The van der Waals surface area contributed by atoms with Gasteiger partial charge in [-0.1, -0.05) is 6.07 Å². The number of phenols is 1. The molecule has 1 aromatic carbocycles. The molecule has 7 nitrogen and oxygen atoms in total. The van der Waals surface area contributed by atoms with Crippen molar-refractivity contribution in [1.29, 1.82) is 0 Å². The SMILES string of the molecule is CCn1cc(S(=O)(=O)Nc2c(O)cccc2OC)nc1C. The quantitative estimate of drug-likeness (QED) is 0.820. The Bertz CT molecular complexity index is 753. The van der Waals surface area contributed by atoms with E-state index in [4.69, 9.17) is 4.74 Å². The summed E-state index contributed by atoms with van der Waals surface area (Å²) in [6.07, 6.45) is 1.45. The summed E-state index contributed by atoms with van der Waals surface area (Å²) in [5.41, 5.74) is -0.0105. The first kappa shape index (κ1) is 15.2.